The molecule has 2 aromatic rings. The van der Waals surface area contributed by atoms with Crippen molar-refractivity contribution in [3.05, 3.63) is 60.8 Å². The number of fused-ring (bicyclic) bond motifs is 1. The van der Waals surface area contributed by atoms with Crippen molar-refractivity contribution in [1.82, 2.24) is 4.90 Å². The van der Waals surface area contributed by atoms with Crippen molar-refractivity contribution >= 4 is 27.1 Å². The number of benzene rings is 2. The largest absolute Gasteiger partial charge is 0.397 e. The molecule has 0 saturated carbocycles. The predicted molar refractivity (Wildman–Crippen MR) is 105 cm³/mol. The Labute approximate surface area is 154 Å². The summed E-state index contributed by atoms with van der Waals surface area (Å²) in [6, 6.07) is 14.3. The van der Waals surface area contributed by atoms with Crippen LogP contribution in [-0.4, -0.2) is 39.0 Å². The Morgan fingerprint density at radius 2 is 1.88 bits per heavy atom. The standard InChI is InChI=1S/C19H22N4O2S/c20-18-13-17(26(24,25)21-15-5-2-1-3-6-15)8-9-19(18)23-12-11-22-10-4-7-16(22)14-23/h1-6,8-10,13,16,21H,7,11-12,14,20H2. The second kappa shape index (κ2) is 6.57. The molecule has 1 atom stereocenters. The van der Waals surface area contributed by atoms with Crippen molar-refractivity contribution in [1.29, 1.82) is 0 Å². The monoisotopic (exact) mass is 370 g/mol. The van der Waals surface area contributed by atoms with Gasteiger partial charge in [-0.3, -0.25) is 4.72 Å². The van der Waals surface area contributed by atoms with Crippen LogP contribution in [0.1, 0.15) is 6.42 Å². The topological polar surface area (TPSA) is 78.7 Å². The number of nitrogens with zero attached hydrogens (tertiary/aromatic N) is 2. The molecule has 2 aliphatic rings. The minimum atomic E-state index is -3.66. The molecule has 0 radical (unpaired) electrons. The molecular weight excluding hydrogens is 348 g/mol. The van der Waals surface area contributed by atoms with Crippen LogP contribution in [0.2, 0.25) is 0 Å². The molecule has 4 rings (SSSR count). The number of para-hydroxylation sites is 1. The first-order valence-electron chi connectivity index (χ1n) is 8.68. The Kier molecular flexibility index (Phi) is 4.24. The lowest BCUT2D eigenvalue weighted by molar-refractivity contribution is 0.271. The van der Waals surface area contributed by atoms with Gasteiger partial charge in [0.2, 0.25) is 0 Å². The minimum absolute atomic E-state index is 0.170. The molecule has 2 heterocycles. The van der Waals surface area contributed by atoms with Crippen LogP contribution in [-0.2, 0) is 10.0 Å². The van der Waals surface area contributed by atoms with Crippen LogP contribution in [0.4, 0.5) is 17.1 Å². The van der Waals surface area contributed by atoms with Crippen molar-refractivity contribution in [3.63, 3.8) is 0 Å². The fourth-order valence-corrected chi connectivity index (χ4v) is 4.65. The summed E-state index contributed by atoms with van der Waals surface area (Å²) in [5.74, 6) is 0. The van der Waals surface area contributed by atoms with E-state index in [4.69, 9.17) is 5.73 Å². The van der Waals surface area contributed by atoms with Gasteiger partial charge in [-0.1, -0.05) is 24.3 Å². The van der Waals surface area contributed by atoms with Crippen LogP contribution in [0.25, 0.3) is 0 Å². The zero-order valence-electron chi connectivity index (χ0n) is 14.4. The number of nitrogens with two attached hydrogens (primary N) is 1. The van der Waals surface area contributed by atoms with E-state index in [2.05, 4.69) is 26.8 Å². The number of rotatable bonds is 4. The lowest BCUT2D eigenvalue weighted by Crippen LogP contribution is -2.49. The Hall–Kier alpha value is -2.67. The van der Waals surface area contributed by atoms with Gasteiger partial charge in [0.25, 0.3) is 10.0 Å². The SMILES string of the molecule is Nc1cc(S(=O)(=O)Nc2ccccc2)ccc1N1CCN2C=CCC2C1. The minimum Gasteiger partial charge on any atom is -0.397 e. The highest BCUT2D eigenvalue weighted by Crippen LogP contribution is 2.30. The van der Waals surface area contributed by atoms with Crippen LogP contribution in [0, 0.1) is 0 Å². The Balaban J connectivity index is 1.54. The number of nitrogen functional groups attached to an aromatic ring is 1. The fraction of sp³-hybridized carbons (Fsp3) is 0.263. The molecule has 2 aromatic carbocycles. The van der Waals surface area contributed by atoms with Gasteiger partial charge in [-0.05, 0) is 43.0 Å². The van der Waals surface area contributed by atoms with Gasteiger partial charge in [-0.25, -0.2) is 8.42 Å². The molecule has 3 N–H and O–H groups in total. The molecule has 0 bridgehead atoms. The highest BCUT2D eigenvalue weighted by atomic mass is 32.2. The van der Waals surface area contributed by atoms with Gasteiger partial charge >= 0.3 is 0 Å². The van der Waals surface area contributed by atoms with Crippen molar-refractivity contribution in [3.8, 4) is 0 Å². The van der Waals surface area contributed by atoms with Gasteiger partial charge in [0.15, 0.2) is 0 Å². The Morgan fingerprint density at radius 1 is 1.08 bits per heavy atom. The third-order valence-electron chi connectivity index (χ3n) is 4.91. The van der Waals surface area contributed by atoms with Crippen LogP contribution in [0.5, 0.6) is 0 Å². The zero-order valence-corrected chi connectivity index (χ0v) is 15.2. The van der Waals surface area contributed by atoms with Gasteiger partial charge in [-0.2, -0.15) is 0 Å². The van der Waals surface area contributed by atoms with E-state index in [1.807, 2.05) is 12.1 Å². The second-order valence-electron chi connectivity index (χ2n) is 6.65. The average Bonchev–Trinajstić information content (AvgIpc) is 3.10. The van der Waals surface area contributed by atoms with Crippen molar-refractivity contribution in [2.45, 2.75) is 17.4 Å². The van der Waals surface area contributed by atoms with Gasteiger partial charge in [0.1, 0.15) is 0 Å². The average molecular weight is 370 g/mol. The van der Waals surface area contributed by atoms with Crippen molar-refractivity contribution < 1.29 is 8.42 Å². The Morgan fingerprint density at radius 3 is 2.65 bits per heavy atom. The number of sulfonamides is 1. The first kappa shape index (κ1) is 16.8. The molecule has 1 saturated heterocycles. The third-order valence-corrected chi connectivity index (χ3v) is 6.29. The van der Waals surface area contributed by atoms with E-state index in [1.165, 1.54) is 0 Å². The third kappa shape index (κ3) is 3.22. The molecule has 1 fully saturated rings. The number of hydrogen-bond acceptors (Lipinski definition) is 5. The summed E-state index contributed by atoms with van der Waals surface area (Å²) in [7, 11) is -3.66. The van der Waals surface area contributed by atoms with Crippen molar-refractivity contribution in [2.24, 2.45) is 0 Å². The van der Waals surface area contributed by atoms with E-state index >= 15 is 0 Å². The molecule has 6 nitrogen and oxygen atoms in total. The highest BCUT2D eigenvalue weighted by Gasteiger charge is 2.28. The predicted octanol–water partition coefficient (Wildman–Crippen LogP) is 2.48. The summed E-state index contributed by atoms with van der Waals surface area (Å²) >= 11 is 0. The summed E-state index contributed by atoms with van der Waals surface area (Å²) in [6.45, 7) is 2.72. The van der Waals surface area contributed by atoms with Gasteiger partial charge in [0.05, 0.1) is 16.3 Å². The summed E-state index contributed by atoms with van der Waals surface area (Å²) in [6.07, 6.45) is 5.41. The van der Waals surface area contributed by atoms with Crippen LogP contribution < -0.4 is 15.4 Å². The van der Waals surface area contributed by atoms with Crippen LogP contribution in [0.3, 0.4) is 0 Å². The zero-order chi connectivity index (χ0) is 18.1. The van der Waals surface area contributed by atoms with Gasteiger partial charge < -0.3 is 15.5 Å². The molecule has 0 aromatic heterocycles. The number of nitrogens with one attached hydrogen (secondary N) is 1. The lowest BCUT2D eigenvalue weighted by Gasteiger charge is -2.40. The van der Waals surface area contributed by atoms with E-state index in [-0.39, 0.29) is 4.90 Å². The molecular formula is C19H22N4O2S. The summed E-state index contributed by atoms with van der Waals surface area (Å²) < 4.78 is 27.8. The first-order valence-corrected chi connectivity index (χ1v) is 10.2. The van der Waals surface area contributed by atoms with Crippen LogP contribution >= 0.6 is 0 Å². The van der Waals surface area contributed by atoms with E-state index in [0.717, 1.165) is 31.7 Å². The number of piperazine rings is 1. The maximum absolute atomic E-state index is 12.6. The van der Waals surface area contributed by atoms with Crippen LogP contribution in [0.15, 0.2) is 65.7 Å². The molecule has 7 heteroatoms. The molecule has 2 aliphatic heterocycles. The quantitative estimate of drug-likeness (QED) is 0.809. The summed E-state index contributed by atoms with van der Waals surface area (Å²) in [5.41, 5.74) is 8.13. The maximum Gasteiger partial charge on any atom is 0.261 e. The Bertz CT molecular complexity index is 928. The highest BCUT2D eigenvalue weighted by molar-refractivity contribution is 7.92. The number of hydrogen-bond donors (Lipinski definition) is 2. The van der Waals surface area contributed by atoms with E-state index in [1.54, 1.807) is 36.4 Å². The van der Waals surface area contributed by atoms with Crippen molar-refractivity contribution in [2.75, 3.05) is 35.0 Å². The fourth-order valence-electron chi connectivity index (χ4n) is 3.56. The molecule has 0 amide bonds. The van der Waals surface area contributed by atoms with Gasteiger partial charge in [0, 0.05) is 31.4 Å². The summed E-state index contributed by atoms with van der Waals surface area (Å²) in [4.78, 5) is 4.77. The second-order valence-corrected chi connectivity index (χ2v) is 8.33. The molecule has 0 spiro atoms. The normalized spacial score (nSPS) is 19.5. The van der Waals surface area contributed by atoms with Gasteiger partial charge in [-0.15, -0.1) is 0 Å². The van der Waals surface area contributed by atoms with E-state index < -0.39 is 10.0 Å². The molecule has 0 aliphatic carbocycles. The molecule has 1 unspecified atom stereocenters. The summed E-state index contributed by atoms with van der Waals surface area (Å²) in [5, 5.41) is 0. The maximum atomic E-state index is 12.6. The van der Waals surface area contributed by atoms with E-state index in [9.17, 15) is 8.42 Å². The molecule has 26 heavy (non-hydrogen) atoms. The number of anilines is 3. The molecule has 136 valence electrons. The smallest absolute Gasteiger partial charge is 0.261 e. The van der Waals surface area contributed by atoms with E-state index in [0.29, 0.717) is 17.4 Å². The lowest BCUT2D eigenvalue weighted by atomic mass is 10.1. The first-order chi connectivity index (χ1) is 12.5.